The molecule has 1 aliphatic rings. The summed E-state index contributed by atoms with van der Waals surface area (Å²) in [4.78, 5) is 4.38. The molecule has 0 aliphatic heterocycles. The molecule has 0 saturated heterocycles. The molecule has 0 aromatic heterocycles. The molecule has 2 atom stereocenters. The average Bonchev–Trinajstić information content (AvgIpc) is 2.49. The summed E-state index contributed by atoms with van der Waals surface area (Å²) in [6, 6.07) is -0.0256. The van der Waals surface area contributed by atoms with Crippen LogP contribution < -0.4 is 11.2 Å². The summed E-state index contributed by atoms with van der Waals surface area (Å²) in [7, 11) is 0. The topological polar surface area (TPSA) is 47.3 Å². The third-order valence-electron chi connectivity index (χ3n) is 2.43. The standard InChI is InChI=1S/C8H15F3N2O/c9-8(10,11)5-14-13-7-3-1-2-6(7)4-12/h6-7,13H,1-5,12H2. The molecule has 1 rings (SSSR count). The van der Waals surface area contributed by atoms with E-state index in [0.717, 1.165) is 19.3 Å². The third kappa shape index (κ3) is 3.81. The van der Waals surface area contributed by atoms with Gasteiger partial charge in [-0.25, -0.2) is 0 Å². The summed E-state index contributed by atoms with van der Waals surface area (Å²) in [5.41, 5.74) is 7.90. The molecule has 2 unspecified atom stereocenters. The smallest absolute Gasteiger partial charge is 0.330 e. The van der Waals surface area contributed by atoms with Gasteiger partial charge in [-0.05, 0) is 25.3 Å². The van der Waals surface area contributed by atoms with Crippen molar-refractivity contribution < 1.29 is 18.0 Å². The molecule has 14 heavy (non-hydrogen) atoms. The van der Waals surface area contributed by atoms with Crippen LogP contribution in [0.3, 0.4) is 0 Å². The largest absolute Gasteiger partial charge is 0.413 e. The molecule has 0 bridgehead atoms. The number of alkyl halides is 3. The van der Waals surface area contributed by atoms with Crippen molar-refractivity contribution in [1.82, 2.24) is 5.48 Å². The fraction of sp³-hybridized carbons (Fsp3) is 1.00. The van der Waals surface area contributed by atoms with Crippen LogP contribution in [0.2, 0.25) is 0 Å². The van der Waals surface area contributed by atoms with Gasteiger partial charge in [0, 0.05) is 6.04 Å². The fourth-order valence-electron chi connectivity index (χ4n) is 1.70. The van der Waals surface area contributed by atoms with E-state index in [1.54, 1.807) is 0 Å². The normalized spacial score (nSPS) is 28.3. The summed E-state index contributed by atoms with van der Waals surface area (Å²) in [6.07, 6.45) is -1.48. The highest BCUT2D eigenvalue weighted by Crippen LogP contribution is 2.24. The zero-order chi connectivity index (χ0) is 10.6. The number of hydroxylamine groups is 1. The Bertz CT molecular complexity index is 174. The Labute approximate surface area is 80.7 Å². The first-order valence-electron chi connectivity index (χ1n) is 4.67. The minimum atomic E-state index is -4.27. The number of nitrogens with one attached hydrogen (secondary N) is 1. The van der Waals surface area contributed by atoms with Crippen LogP contribution in [-0.2, 0) is 4.84 Å². The number of hydrogen-bond donors (Lipinski definition) is 2. The number of rotatable bonds is 4. The monoisotopic (exact) mass is 212 g/mol. The molecular weight excluding hydrogens is 197 g/mol. The van der Waals surface area contributed by atoms with E-state index in [4.69, 9.17) is 5.73 Å². The summed E-state index contributed by atoms with van der Waals surface area (Å²) >= 11 is 0. The minimum Gasteiger partial charge on any atom is -0.330 e. The number of nitrogens with two attached hydrogens (primary N) is 1. The second-order valence-electron chi connectivity index (χ2n) is 3.55. The van der Waals surface area contributed by atoms with E-state index < -0.39 is 12.8 Å². The molecule has 0 aromatic rings. The minimum absolute atomic E-state index is 0.0256. The van der Waals surface area contributed by atoms with E-state index in [-0.39, 0.29) is 12.0 Å². The van der Waals surface area contributed by atoms with E-state index >= 15 is 0 Å². The summed E-state index contributed by atoms with van der Waals surface area (Å²) in [6.45, 7) is -0.756. The van der Waals surface area contributed by atoms with Crippen molar-refractivity contribution in [2.45, 2.75) is 31.5 Å². The van der Waals surface area contributed by atoms with E-state index in [1.165, 1.54) is 0 Å². The van der Waals surface area contributed by atoms with Gasteiger partial charge in [0.2, 0.25) is 0 Å². The Hall–Kier alpha value is -0.330. The molecule has 84 valence electrons. The average molecular weight is 212 g/mol. The molecule has 1 aliphatic carbocycles. The van der Waals surface area contributed by atoms with Crippen molar-refractivity contribution >= 4 is 0 Å². The zero-order valence-corrected chi connectivity index (χ0v) is 7.81. The van der Waals surface area contributed by atoms with Crippen molar-refractivity contribution in [3.05, 3.63) is 0 Å². The van der Waals surface area contributed by atoms with Gasteiger partial charge in [0.05, 0.1) is 0 Å². The Morgan fingerprint density at radius 2 is 2.07 bits per heavy atom. The first-order valence-corrected chi connectivity index (χ1v) is 4.67. The van der Waals surface area contributed by atoms with Crippen LogP contribution >= 0.6 is 0 Å². The van der Waals surface area contributed by atoms with Gasteiger partial charge in [0.15, 0.2) is 6.61 Å². The molecule has 1 saturated carbocycles. The van der Waals surface area contributed by atoms with Gasteiger partial charge in [-0.3, -0.25) is 4.84 Å². The third-order valence-corrected chi connectivity index (χ3v) is 2.43. The lowest BCUT2D eigenvalue weighted by Gasteiger charge is -2.19. The van der Waals surface area contributed by atoms with Crippen molar-refractivity contribution in [1.29, 1.82) is 0 Å². The second kappa shape index (κ2) is 4.95. The van der Waals surface area contributed by atoms with Crippen LogP contribution in [0, 0.1) is 5.92 Å². The highest BCUT2D eigenvalue weighted by Gasteiger charge is 2.30. The Kier molecular flexibility index (Phi) is 4.15. The van der Waals surface area contributed by atoms with Crippen molar-refractivity contribution in [2.24, 2.45) is 11.7 Å². The molecule has 0 spiro atoms. The van der Waals surface area contributed by atoms with Crippen molar-refractivity contribution in [3.63, 3.8) is 0 Å². The SMILES string of the molecule is NCC1CCCC1NOCC(F)(F)F. The fourth-order valence-corrected chi connectivity index (χ4v) is 1.70. The van der Waals surface area contributed by atoms with Crippen LogP contribution in [0.25, 0.3) is 0 Å². The maximum absolute atomic E-state index is 11.7. The van der Waals surface area contributed by atoms with E-state index in [2.05, 4.69) is 10.3 Å². The lowest BCUT2D eigenvalue weighted by atomic mass is 10.1. The van der Waals surface area contributed by atoms with Gasteiger partial charge in [-0.1, -0.05) is 6.42 Å². The van der Waals surface area contributed by atoms with Crippen LogP contribution in [0.15, 0.2) is 0 Å². The quantitative estimate of drug-likeness (QED) is 0.688. The van der Waals surface area contributed by atoms with Gasteiger partial charge >= 0.3 is 6.18 Å². The van der Waals surface area contributed by atoms with Crippen LogP contribution in [0.5, 0.6) is 0 Å². The van der Waals surface area contributed by atoms with E-state index in [1.807, 2.05) is 0 Å². The molecule has 3 N–H and O–H groups in total. The van der Waals surface area contributed by atoms with Crippen LogP contribution in [0.1, 0.15) is 19.3 Å². The van der Waals surface area contributed by atoms with Crippen LogP contribution in [-0.4, -0.2) is 25.4 Å². The molecule has 6 heteroatoms. The Morgan fingerprint density at radius 1 is 1.36 bits per heavy atom. The number of hydrogen-bond acceptors (Lipinski definition) is 3. The highest BCUT2D eigenvalue weighted by atomic mass is 19.4. The predicted octanol–water partition coefficient (Wildman–Crippen LogP) is 1.20. The lowest BCUT2D eigenvalue weighted by Crippen LogP contribution is -2.38. The Balaban J connectivity index is 2.18. The van der Waals surface area contributed by atoms with Gasteiger partial charge < -0.3 is 5.73 Å². The maximum Gasteiger partial charge on any atom is 0.413 e. The van der Waals surface area contributed by atoms with Gasteiger partial charge in [-0.15, -0.1) is 0 Å². The van der Waals surface area contributed by atoms with Gasteiger partial charge in [-0.2, -0.15) is 18.7 Å². The molecule has 1 fully saturated rings. The maximum atomic E-state index is 11.7. The summed E-state index contributed by atoms with van der Waals surface area (Å²) in [5.74, 6) is 0.239. The molecule has 3 nitrogen and oxygen atoms in total. The molecule has 0 amide bonds. The first-order chi connectivity index (χ1) is 6.53. The van der Waals surface area contributed by atoms with Crippen molar-refractivity contribution in [2.75, 3.05) is 13.2 Å². The lowest BCUT2D eigenvalue weighted by molar-refractivity contribution is -0.193. The van der Waals surface area contributed by atoms with Gasteiger partial charge in [0.25, 0.3) is 0 Å². The zero-order valence-electron chi connectivity index (χ0n) is 7.81. The van der Waals surface area contributed by atoms with E-state index in [0.29, 0.717) is 6.54 Å². The number of halogens is 3. The molecular formula is C8H15F3N2O. The molecule has 0 heterocycles. The van der Waals surface area contributed by atoms with Crippen molar-refractivity contribution in [3.8, 4) is 0 Å². The Morgan fingerprint density at radius 3 is 2.64 bits per heavy atom. The van der Waals surface area contributed by atoms with E-state index in [9.17, 15) is 13.2 Å². The van der Waals surface area contributed by atoms with Gasteiger partial charge in [0.1, 0.15) is 0 Å². The molecule has 0 aromatic carbocycles. The molecule has 0 radical (unpaired) electrons. The highest BCUT2D eigenvalue weighted by molar-refractivity contribution is 4.81. The second-order valence-corrected chi connectivity index (χ2v) is 3.55. The first kappa shape index (κ1) is 11.7. The predicted molar refractivity (Wildman–Crippen MR) is 45.3 cm³/mol. The summed E-state index contributed by atoms with van der Waals surface area (Å²) < 4.78 is 35.2. The summed E-state index contributed by atoms with van der Waals surface area (Å²) in [5, 5.41) is 0. The van der Waals surface area contributed by atoms with Crippen LogP contribution in [0.4, 0.5) is 13.2 Å².